The number of morpholine rings is 1. The van der Waals surface area contributed by atoms with Gasteiger partial charge >= 0.3 is 0 Å². The fourth-order valence-electron chi connectivity index (χ4n) is 6.55. The van der Waals surface area contributed by atoms with Crippen LogP contribution in [0.1, 0.15) is 31.2 Å². The number of nitrogens with zero attached hydrogens (tertiary/aromatic N) is 2. The molecule has 0 radical (unpaired) electrons. The number of amides is 3. The first-order valence-electron chi connectivity index (χ1n) is 13.5. The highest BCUT2D eigenvalue weighted by Gasteiger charge is 2.73. The van der Waals surface area contributed by atoms with Crippen molar-refractivity contribution in [3.63, 3.8) is 0 Å². The predicted octanol–water partition coefficient (Wildman–Crippen LogP) is 0.615. The third-order valence-corrected chi connectivity index (χ3v) is 10.3. The molecule has 4 heterocycles. The zero-order valence-corrected chi connectivity index (χ0v) is 22.1. The molecule has 202 valence electrons. The van der Waals surface area contributed by atoms with Crippen molar-refractivity contribution in [1.82, 2.24) is 20.4 Å². The summed E-state index contributed by atoms with van der Waals surface area (Å²) in [5, 5.41) is 15.5. The second kappa shape index (κ2) is 11.7. The van der Waals surface area contributed by atoms with Crippen LogP contribution >= 0.6 is 11.8 Å². The smallest absolute Gasteiger partial charge is 0.244 e. The lowest BCUT2D eigenvalue weighted by Gasteiger charge is -2.34. The number of nitrogens with one attached hydrogen (secondary N) is 2. The first-order chi connectivity index (χ1) is 18.0. The van der Waals surface area contributed by atoms with E-state index in [-0.39, 0.29) is 29.6 Å². The van der Waals surface area contributed by atoms with E-state index in [0.29, 0.717) is 45.7 Å². The Labute approximate surface area is 222 Å². The Hall–Kier alpha value is -2.14. The number of fused-ring (bicyclic) bond motifs is 1. The van der Waals surface area contributed by atoms with Crippen molar-refractivity contribution >= 4 is 29.5 Å². The second-order valence-electron chi connectivity index (χ2n) is 10.5. The van der Waals surface area contributed by atoms with Gasteiger partial charge in [-0.2, -0.15) is 0 Å². The van der Waals surface area contributed by atoms with Crippen molar-refractivity contribution in [2.75, 3.05) is 52.5 Å². The molecule has 4 saturated heterocycles. The summed E-state index contributed by atoms with van der Waals surface area (Å²) < 4.78 is 4.84. The fourth-order valence-corrected chi connectivity index (χ4v) is 8.77. The van der Waals surface area contributed by atoms with Gasteiger partial charge in [-0.3, -0.25) is 19.3 Å². The number of carbonyl (C=O) groups is 3. The van der Waals surface area contributed by atoms with Gasteiger partial charge in [0, 0.05) is 51.1 Å². The Morgan fingerprint density at radius 3 is 2.62 bits per heavy atom. The van der Waals surface area contributed by atoms with Crippen LogP contribution in [0.25, 0.3) is 0 Å². The Balaban J connectivity index is 1.30. The van der Waals surface area contributed by atoms with Crippen LogP contribution in [0.4, 0.5) is 0 Å². The molecule has 0 aromatic heterocycles. The van der Waals surface area contributed by atoms with Gasteiger partial charge in [-0.05, 0) is 31.2 Å². The van der Waals surface area contributed by atoms with E-state index in [4.69, 9.17) is 4.74 Å². The maximum atomic E-state index is 13.9. The van der Waals surface area contributed by atoms with Gasteiger partial charge in [0.1, 0.15) is 6.04 Å². The van der Waals surface area contributed by atoms with Crippen molar-refractivity contribution in [2.45, 2.75) is 48.3 Å². The highest BCUT2D eigenvalue weighted by molar-refractivity contribution is 8.02. The van der Waals surface area contributed by atoms with Crippen LogP contribution in [0.3, 0.4) is 0 Å². The number of aliphatic hydroxyl groups excluding tert-OH is 1. The molecule has 3 amide bonds. The SMILES string of the molecule is O=C(NCCN1CCOCC1)C1N(CCCCO)C(=O)[C@@H]2[C@@H](C(=O)NCc3ccccc3)[C@H]3CCC12S3. The third kappa shape index (κ3) is 5.26. The molecule has 1 aromatic carbocycles. The molecule has 1 spiro atoms. The van der Waals surface area contributed by atoms with E-state index in [0.717, 1.165) is 38.0 Å². The van der Waals surface area contributed by atoms with Gasteiger partial charge in [-0.1, -0.05) is 30.3 Å². The minimum atomic E-state index is -0.588. The minimum Gasteiger partial charge on any atom is -0.396 e. The summed E-state index contributed by atoms with van der Waals surface area (Å²) in [6, 6.07) is 9.18. The monoisotopic (exact) mass is 530 g/mol. The fraction of sp³-hybridized carbons (Fsp3) is 0.667. The standard InChI is InChI=1S/C27H38N4O5S/c32-15-5-4-11-31-23(25(34)28-10-12-30-13-16-36-17-14-30)27-9-8-20(37-27)21(22(27)26(31)35)24(33)29-18-19-6-2-1-3-7-19/h1-3,6-7,20-23,32H,4-5,8-18H2,(H,28,34)(H,29,33)/t20-,21+,22+,23?,27?/m1/s1. The average Bonchev–Trinajstić information content (AvgIpc) is 3.56. The van der Waals surface area contributed by atoms with Crippen LogP contribution in [-0.4, -0.2) is 101 Å². The minimum absolute atomic E-state index is 0.0490. The topological polar surface area (TPSA) is 111 Å². The van der Waals surface area contributed by atoms with Gasteiger partial charge in [0.15, 0.2) is 0 Å². The molecule has 5 atom stereocenters. The normalized spacial score (nSPS) is 30.9. The molecule has 3 N–H and O–H groups in total. The summed E-state index contributed by atoms with van der Waals surface area (Å²) in [6.07, 6.45) is 2.80. The number of thioether (sulfide) groups is 1. The van der Waals surface area contributed by atoms with E-state index < -0.39 is 22.6 Å². The highest BCUT2D eigenvalue weighted by atomic mass is 32.2. The number of likely N-dealkylation sites (tertiary alicyclic amines) is 1. The number of benzene rings is 1. The van der Waals surface area contributed by atoms with Gasteiger partial charge in [-0.15, -0.1) is 11.8 Å². The molecule has 4 fully saturated rings. The lowest BCUT2D eigenvalue weighted by molar-refractivity contribution is -0.140. The van der Waals surface area contributed by atoms with E-state index >= 15 is 0 Å². The van der Waals surface area contributed by atoms with Gasteiger partial charge in [-0.25, -0.2) is 0 Å². The molecule has 0 saturated carbocycles. The molecular weight excluding hydrogens is 492 g/mol. The summed E-state index contributed by atoms with van der Waals surface area (Å²) in [6.45, 7) is 5.29. The van der Waals surface area contributed by atoms with Crippen molar-refractivity contribution < 1.29 is 24.2 Å². The zero-order chi connectivity index (χ0) is 25.8. The van der Waals surface area contributed by atoms with E-state index in [2.05, 4.69) is 15.5 Å². The molecule has 1 aromatic rings. The number of hydrogen-bond acceptors (Lipinski definition) is 7. The van der Waals surface area contributed by atoms with Crippen LogP contribution in [0.15, 0.2) is 30.3 Å². The van der Waals surface area contributed by atoms with Crippen molar-refractivity contribution in [3.8, 4) is 0 Å². The number of rotatable bonds is 11. The summed E-state index contributed by atoms with van der Waals surface area (Å²) in [4.78, 5) is 45.0. The summed E-state index contributed by atoms with van der Waals surface area (Å²) >= 11 is 1.69. The number of aliphatic hydroxyl groups is 1. The van der Waals surface area contributed by atoms with Crippen LogP contribution in [0, 0.1) is 11.8 Å². The molecular formula is C27H38N4O5S. The number of carbonyl (C=O) groups excluding carboxylic acids is 3. The molecule has 0 aliphatic carbocycles. The first-order valence-corrected chi connectivity index (χ1v) is 14.4. The average molecular weight is 531 g/mol. The molecule has 10 heteroatoms. The molecule has 2 bridgehead atoms. The van der Waals surface area contributed by atoms with Gasteiger partial charge in [0.2, 0.25) is 17.7 Å². The van der Waals surface area contributed by atoms with Crippen LogP contribution < -0.4 is 10.6 Å². The lowest BCUT2D eigenvalue weighted by Crippen LogP contribution is -2.54. The highest BCUT2D eigenvalue weighted by Crippen LogP contribution is 2.66. The van der Waals surface area contributed by atoms with Gasteiger partial charge in [0.05, 0.1) is 29.8 Å². The van der Waals surface area contributed by atoms with E-state index in [1.165, 1.54) is 0 Å². The number of unbranched alkanes of at least 4 members (excludes halogenated alkanes) is 1. The summed E-state index contributed by atoms with van der Waals surface area (Å²) in [7, 11) is 0. The van der Waals surface area contributed by atoms with Gasteiger partial charge < -0.3 is 25.4 Å². The quantitative estimate of drug-likeness (QED) is 0.360. The third-order valence-electron chi connectivity index (χ3n) is 8.30. The zero-order valence-electron chi connectivity index (χ0n) is 21.3. The van der Waals surface area contributed by atoms with Crippen molar-refractivity contribution in [1.29, 1.82) is 0 Å². The maximum Gasteiger partial charge on any atom is 0.244 e. The van der Waals surface area contributed by atoms with Crippen molar-refractivity contribution in [3.05, 3.63) is 35.9 Å². The largest absolute Gasteiger partial charge is 0.396 e. The van der Waals surface area contributed by atoms with Crippen LogP contribution in [0.2, 0.25) is 0 Å². The van der Waals surface area contributed by atoms with Crippen molar-refractivity contribution in [2.24, 2.45) is 11.8 Å². The number of hydrogen-bond donors (Lipinski definition) is 3. The van der Waals surface area contributed by atoms with Crippen LogP contribution in [-0.2, 0) is 25.7 Å². The summed E-state index contributed by atoms with van der Waals surface area (Å²) in [5.74, 6) is -1.21. The molecule has 5 rings (SSSR count). The van der Waals surface area contributed by atoms with Crippen LogP contribution in [0.5, 0.6) is 0 Å². The first kappa shape index (κ1) is 26.5. The summed E-state index contributed by atoms with van der Waals surface area (Å²) in [5.41, 5.74) is 1.02. The maximum absolute atomic E-state index is 13.9. The molecule has 9 nitrogen and oxygen atoms in total. The lowest BCUT2D eigenvalue weighted by atomic mass is 9.70. The molecule has 2 unspecified atom stereocenters. The molecule has 4 aliphatic heterocycles. The second-order valence-corrected chi connectivity index (χ2v) is 12.1. The Morgan fingerprint density at radius 1 is 1.08 bits per heavy atom. The van der Waals surface area contributed by atoms with E-state index in [1.54, 1.807) is 16.7 Å². The van der Waals surface area contributed by atoms with Gasteiger partial charge in [0.25, 0.3) is 0 Å². The Morgan fingerprint density at radius 2 is 1.86 bits per heavy atom. The Kier molecular flexibility index (Phi) is 8.38. The van der Waals surface area contributed by atoms with E-state index in [1.807, 2.05) is 30.3 Å². The van der Waals surface area contributed by atoms with E-state index in [9.17, 15) is 19.5 Å². The molecule has 4 aliphatic rings. The number of ether oxygens (including phenoxy) is 1. The predicted molar refractivity (Wildman–Crippen MR) is 141 cm³/mol. The molecule has 37 heavy (non-hydrogen) atoms. The Bertz CT molecular complexity index is 975.